The average molecular weight is 294 g/mol. The fourth-order valence-electron chi connectivity index (χ4n) is 1.90. The number of nitro groups is 1. The van der Waals surface area contributed by atoms with Crippen LogP contribution in [0.5, 0.6) is 0 Å². The topological polar surface area (TPSA) is 68.9 Å². The van der Waals surface area contributed by atoms with Gasteiger partial charge < -0.3 is 0 Å². The summed E-state index contributed by atoms with van der Waals surface area (Å²) in [6, 6.07) is 6.26. The number of thioether (sulfide) groups is 1. The summed E-state index contributed by atoms with van der Waals surface area (Å²) in [5.74, 6) is 2.07. The summed E-state index contributed by atoms with van der Waals surface area (Å²) in [4.78, 5) is 19.0. The van der Waals surface area contributed by atoms with Gasteiger partial charge in [-0.15, -0.1) is 0 Å². The smallest absolute Gasteiger partial charge is 0.258 e. The molecule has 0 saturated carbocycles. The number of halogens is 1. The zero-order valence-electron chi connectivity index (χ0n) is 9.67. The summed E-state index contributed by atoms with van der Waals surface area (Å²) in [5, 5.41) is 11.2. The Morgan fingerprint density at radius 3 is 2.95 bits per heavy atom. The number of aromatic nitrogens is 2. The van der Waals surface area contributed by atoms with E-state index in [9.17, 15) is 10.1 Å². The van der Waals surface area contributed by atoms with Crippen LogP contribution in [-0.4, -0.2) is 14.9 Å². The Balaban J connectivity index is 2.10. The van der Waals surface area contributed by atoms with Gasteiger partial charge in [-0.1, -0.05) is 23.7 Å². The van der Waals surface area contributed by atoms with Crippen molar-refractivity contribution in [1.82, 2.24) is 9.97 Å². The summed E-state index contributed by atoms with van der Waals surface area (Å²) in [6.45, 7) is 0. The molecule has 3 rings (SSSR count). The van der Waals surface area contributed by atoms with Crippen LogP contribution in [0.1, 0.15) is 11.3 Å². The number of nitrogens with zero attached hydrogens (tertiary/aromatic N) is 3. The molecule has 0 bridgehead atoms. The first kappa shape index (κ1) is 12.4. The van der Waals surface area contributed by atoms with E-state index in [-0.39, 0.29) is 5.69 Å². The molecule has 0 fully saturated rings. The second-order valence-corrected chi connectivity index (χ2v) is 5.41. The first-order valence-corrected chi connectivity index (χ1v) is 7.06. The molecule has 1 aromatic heterocycles. The number of fused-ring (bicyclic) bond motifs is 1. The molecule has 0 amide bonds. The Hall–Kier alpha value is -1.66. The lowest BCUT2D eigenvalue weighted by Gasteiger charge is -2.05. The second-order valence-electron chi connectivity index (χ2n) is 4.06. The van der Waals surface area contributed by atoms with Gasteiger partial charge in [0, 0.05) is 34.8 Å². The summed E-state index contributed by atoms with van der Waals surface area (Å²) < 4.78 is 0. The highest BCUT2D eigenvalue weighted by molar-refractivity contribution is 7.98. The van der Waals surface area contributed by atoms with E-state index in [0.717, 1.165) is 22.8 Å². The fourth-order valence-corrected chi connectivity index (χ4v) is 3.28. The Kier molecular flexibility index (Phi) is 3.12. The Morgan fingerprint density at radius 1 is 1.32 bits per heavy atom. The van der Waals surface area contributed by atoms with E-state index >= 15 is 0 Å². The molecule has 0 atom stereocenters. The Bertz CT molecular complexity index is 678. The van der Waals surface area contributed by atoms with E-state index in [2.05, 4.69) is 9.97 Å². The van der Waals surface area contributed by atoms with Gasteiger partial charge in [0.1, 0.15) is 5.15 Å². The van der Waals surface area contributed by atoms with Gasteiger partial charge in [-0.2, -0.15) is 11.8 Å². The van der Waals surface area contributed by atoms with Crippen LogP contribution in [0.2, 0.25) is 5.15 Å². The molecule has 1 aliphatic rings. The monoisotopic (exact) mass is 293 g/mol. The van der Waals surface area contributed by atoms with Crippen molar-refractivity contribution in [1.29, 1.82) is 0 Å². The molecule has 1 aromatic carbocycles. The molecule has 0 aliphatic carbocycles. The average Bonchev–Trinajstić information content (AvgIpc) is 2.87. The number of non-ortho nitro benzene ring substituents is 1. The lowest BCUT2D eigenvalue weighted by atomic mass is 10.2. The van der Waals surface area contributed by atoms with E-state index in [1.165, 1.54) is 12.1 Å². The number of rotatable bonds is 2. The first-order chi connectivity index (χ1) is 9.15. The van der Waals surface area contributed by atoms with Crippen molar-refractivity contribution in [2.45, 2.75) is 11.5 Å². The third kappa shape index (κ3) is 2.29. The Labute approximate surface area is 118 Å². The molecule has 0 unspecified atom stereocenters. The molecule has 0 radical (unpaired) electrons. The highest BCUT2D eigenvalue weighted by atomic mass is 35.5. The van der Waals surface area contributed by atoms with Crippen molar-refractivity contribution in [3.8, 4) is 11.4 Å². The van der Waals surface area contributed by atoms with Gasteiger partial charge in [-0.25, -0.2) is 9.97 Å². The molecule has 7 heteroatoms. The minimum Gasteiger partial charge on any atom is -0.258 e. The van der Waals surface area contributed by atoms with Crippen LogP contribution < -0.4 is 0 Å². The SMILES string of the molecule is O=[N+]([O-])c1cccc(-c2nc(Cl)c3c(n2)CSC3)c1. The zero-order valence-corrected chi connectivity index (χ0v) is 11.2. The third-order valence-electron chi connectivity index (χ3n) is 2.84. The molecule has 2 heterocycles. The van der Waals surface area contributed by atoms with Gasteiger partial charge in [-0.3, -0.25) is 10.1 Å². The number of benzene rings is 1. The minimum absolute atomic E-state index is 0.0205. The minimum atomic E-state index is -0.436. The molecule has 0 spiro atoms. The molecule has 1 aliphatic heterocycles. The first-order valence-electron chi connectivity index (χ1n) is 5.53. The number of hydrogen-bond donors (Lipinski definition) is 0. The maximum absolute atomic E-state index is 10.8. The van der Waals surface area contributed by atoms with Crippen molar-refractivity contribution in [2.24, 2.45) is 0 Å². The normalized spacial score (nSPS) is 13.3. The van der Waals surface area contributed by atoms with Gasteiger partial charge in [0.15, 0.2) is 5.82 Å². The van der Waals surface area contributed by atoms with Gasteiger partial charge in [0.05, 0.1) is 10.6 Å². The van der Waals surface area contributed by atoms with Gasteiger partial charge in [-0.05, 0) is 0 Å². The predicted octanol–water partition coefficient (Wildman–Crippen LogP) is 3.45. The fraction of sp³-hybridized carbons (Fsp3) is 0.167. The van der Waals surface area contributed by atoms with Crippen LogP contribution in [-0.2, 0) is 11.5 Å². The van der Waals surface area contributed by atoms with Crippen LogP contribution in [0.25, 0.3) is 11.4 Å². The maximum Gasteiger partial charge on any atom is 0.270 e. The summed E-state index contributed by atoms with van der Waals surface area (Å²) >= 11 is 7.86. The van der Waals surface area contributed by atoms with Crippen LogP contribution in [0.3, 0.4) is 0 Å². The van der Waals surface area contributed by atoms with E-state index < -0.39 is 4.92 Å². The van der Waals surface area contributed by atoms with E-state index in [1.807, 2.05) is 0 Å². The third-order valence-corrected chi connectivity index (χ3v) is 4.13. The zero-order chi connectivity index (χ0) is 13.4. The maximum atomic E-state index is 10.8. The van der Waals surface area contributed by atoms with Crippen molar-refractivity contribution in [2.75, 3.05) is 0 Å². The van der Waals surface area contributed by atoms with E-state index in [1.54, 1.807) is 23.9 Å². The highest BCUT2D eigenvalue weighted by Gasteiger charge is 2.19. The van der Waals surface area contributed by atoms with Crippen molar-refractivity contribution >= 4 is 29.1 Å². The van der Waals surface area contributed by atoms with Gasteiger partial charge in [0.2, 0.25) is 0 Å². The molecular weight excluding hydrogens is 286 g/mol. The molecule has 0 saturated heterocycles. The lowest BCUT2D eigenvalue weighted by molar-refractivity contribution is -0.384. The molecular formula is C12H8ClN3O2S. The van der Waals surface area contributed by atoms with Gasteiger partial charge >= 0.3 is 0 Å². The van der Waals surface area contributed by atoms with Crippen molar-refractivity contribution < 1.29 is 4.92 Å². The summed E-state index contributed by atoms with van der Waals surface area (Å²) in [5.41, 5.74) is 2.52. The number of nitro benzene ring substituents is 1. The Morgan fingerprint density at radius 2 is 2.16 bits per heavy atom. The van der Waals surface area contributed by atoms with E-state index in [0.29, 0.717) is 16.5 Å². The predicted molar refractivity (Wildman–Crippen MR) is 74.1 cm³/mol. The molecule has 96 valence electrons. The van der Waals surface area contributed by atoms with Crippen LogP contribution >= 0.6 is 23.4 Å². The van der Waals surface area contributed by atoms with Crippen molar-refractivity contribution in [3.05, 3.63) is 50.8 Å². The van der Waals surface area contributed by atoms with Crippen LogP contribution in [0, 0.1) is 10.1 Å². The standard InChI is InChI=1S/C12H8ClN3O2S/c13-11-9-5-19-6-10(9)14-12(15-11)7-2-1-3-8(4-7)16(17)18/h1-4H,5-6H2. The number of hydrogen-bond acceptors (Lipinski definition) is 5. The molecule has 2 aromatic rings. The molecule has 0 N–H and O–H groups in total. The van der Waals surface area contributed by atoms with Crippen molar-refractivity contribution in [3.63, 3.8) is 0 Å². The summed E-state index contributed by atoms with van der Waals surface area (Å²) in [6.07, 6.45) is 0. The van der Waals surface area contributed by atoms with Crippen LogP contribution in [0.15, 0.2) is 24.3 Å². The van der Waals surface area contributed by atoms with Gasteiger partial charge in [0.25, 0.3) is 5.69 Å². The molecule has 19 heavy (non-hydrogen) atoms. The van der Waals surface area contributed by atoms with Crippen LogP contribution in [0.4, 0.5) is 5.69 Å². The highest BCUT2D eigenvalue weighted by Crippen LogP contribution is 2.34. The molecule has 5 nitrogen and oxygen atoms in total. The quantitative estimate of drug-likeness (QED) is 0.482. The largest absolute Gasteiger partial charge is 0.270 e. The second kappa shape index (κ2) is 4.79. The summed E-state index contributed by atoms with van der Waals surface area (Å²) in [7, 11) is 0. The van der Waals surface area contributed by atoms with E-state index in [4.69, 9.17) is 11.6 Å². The lowest BCUT2D eigenvalue weighted by Crippen LogP contribution is -1.98.